The largest absolute Gasteiger partial charge is 0.416 e. The van der Waals surface area contributed by atoms with Crippen LogP contribution in [0.2, 0.25) is 0 Å². The van der Waals surface area contributed by atoms with E-state index in [1.54, 1.807) is 0 Å². The van der Waals surface area contributed by atoms with Gasteiger partial charge in [-0.2, -0.15) is 26.9 Å². The lowest BCUT2D eigenvalue weighted by Gasteiger charge is -2.28. The predicted molar refractivity (Wildman–Crippen MR) is 71.4 cm³/mol. The molecule has 22 heavy (non-hydrogen) atoms. The summed E-state index contributed by atoms with van der Waals surface area (Å²) >= 11 is 0. The number of anilines is 1. The highest BCUT2D eigenvalue weighted by molar-refractivity contribution is 7.90. The fraction of sp³-hybridized carbons (Fsp3) is 0.0769. The molecule has 0 radical (unpaired) electrons. The van der Waals surface area contributed by atoms with Gasteiger partial charge in [0, 0.05) is 6.20 Å². The van der Waals surface area contributed by atoms with E-state index in [1.165, 1.54) is 23.3 Å². The van der Waals surface area contributed by atoms with Crippen LogP contribution in [0.4, 0.5) is 18.9 Å². The summed E-state index contributed by atoms with van der Waals surface area (Å²) < 4.78 is 65.8. The third-order valence-corrected chi connectivity index (χ3v) is 4.40. The zero-order valence-electron chi connectivity index (χ0n) is 10.7. The van der Waals surface area contributed by atoms with Crippen molar-refractivity contribution in [1.29, 1.82) is 5.26 Å². The molecule has 9 heteroatoms. The second kappa shape index (κ2) is 4.45. The van der Waals surface area contributed by atoms with Crippen molar-refractivity contribution in [3.63, 3.8) is 0 Å². The number of sulfonamides is 1. The number of benzene rings is 1. The SMILES string of the molecule is N#CC1=CN2C(=NS(=O)(=O)c3cc(C(F)(F)F)ccc32)C=C1. The van der Waals surface area contributed by atoms with Gasteiger partial charge in [0.2, 0.25) is 0 Å². The molecule has 2 aliphatic rings. The molecule has 0 bridgehead atoms. The Kier molecular flexibility index (Phi) is 2.90. The van der Waals surface area contributed by atoms with Crippen LogP contribution in [0.3, 0.4) is 0 Å². The average Bonchev–Trinajstić information content (AvgIpc) is 2.45. The lowest BCUT2D eigenvalue weighted by molar-refractivity contribution is -0.137. The van der Waals surface area contributed by atoms with E-state index in [1.807, 2.05) is 6.07 Å². The monoisotopic (exact) mass is 325 g/mol. The van der Waals surface area contributed by atoms with Crippen molar-refractivity contribution >= 4 is 21.5 Å². The van der Waals surface area contributed by atoms with Gasteiger partial charge in [0.1, 0.15) is 11.0 Å². The van der Waals surface area contributed by atoms with Crippen molar-refractivity contribution in [2.24, 2.45) is 4.40 Å². The molecule has 0 N–H and O–H groups in total. The molecule has 3 rings (SSSR count). The highest BCUT2D eigenvalue weighted by atomic mass is 32.2. The van der Waals surface area contributed by atoms with Gasteiger partial charge in [-0.05, 0) is 30.4 Å². The molecule has 1 aromatic rings. The number of nitriles is 1. The van der Waals surface area contributed by atoms with Crippen LogP contribution in [0.25, 0.3) is 0 Å². The zero-order chi connectivity index (χ0) is 16.1. The summed E-state index contributed by atoms with van der Waals surface area (Å²) in [6, 6.07) is 4.25. The fourth-order valence-corrected chi connectivity index (χ4v) is 3.29. The minimum absolute atomic E-state index is 0.0197. The van der Waals surface area contributed by atoms with E-state index in [2.05, 4.69) is 4.40 Å². The second-order valence-electron chi connectivity index (χ2n) is 4.50. The number of nitrogens with zero attached hydrogens (tertiary/aromatic N) is 3. The van der Waals surface area contributed by atoms with Gasteiger partial charge in [-0.3, -0.25) is 4.90 Å². The number of alkyl halides is 3. The van der Waals surface area contributed by atoms with E-state index in [4.69, 9.17) is 5.26 Å². The molecule has 0 spiro atoms. The first-order valence-corrected chi connectivity index (χ1v) is 7.32. The maximum atomic E-state index is 12.7. The van der Waals surface area contributed by atoms with E-state index in [9.17, 15) is 21.6 Å². The Labute approximate surface area is 123 Å². The molecule has 0 saturated heterocycles. The second-order valence-corrected chi connectivity index (χ2v) is 6.08. The molecule has 1 aromatic carbocycles. The van der Waals surface area contributed by atoms with E-state index in [0.29, 0.717) is 6.07 Å². The fourth-order valence-electron chi connectivity index (χ4n) is 2.09. The van der Waals surface area contributed by atoms with Crippen molar-refractivity contribution in [1.82, 2.24) is 0 Å². The Morgan fingerprint density at radius 1 is 1.23 bits per heavy atom. The molecule has 0 atom stereocenters. The van der Waals surface area contributed by atoms with E-state index in [-0.39, 0.29) is 17.1 Å². The first-order chi connectivity index (χ1) is 10.2. The first-order valence-electron chi connectivity index (χ1n) is 5.88. The lowest BCUT2D eigenvalue weighted by atomic mass is 10.1. The highest BCUT2D eigenvalue weighted by Crippen LogP contribution is 2.38. The van der Waals surface area contributed by atoms with Gasteiger partial charge in [0.05, 0.1) is 16.8 Å². The maximum Gasteiger partial charge on any atom is 0.416 e. The summed E-state index contributed by atoms with van der Waals surface area (Å²) in [7, 11) is -4.24. The number of hydrogen-bond donors (Lipinski definition) is 0. The molecular formula is C13H6F3N3O2S. The van der Waals surface area contributed by atoms with Gasteiger partial charge in [0.25, 0.3) is 10.0 Å². The van der Waals surface area contributed by atoms with E-state index >= 15 is 0 Å². The third kappa shape index (κ3) is 2.17. The zero-order valence-corrected chi connectivity index (χ0v) is 11.5. The summed E-state index contributed by atoms with van der Waals surface area (Å²) in [5.41, 5.74) is -0.829. The van der Waals surface area contributed by atoms with Crippen molar-refractivity contribution in [2.75, 3.05) is 4.90 Å². The van der Waals surface area contributed by atoms with Gasteiger partial charge in [-0.1, -0.05) is 0 Å². The summed E-state index contributed by atoms with van der Waals surface area (Å²) in [6.45, 7) is 0. The van der Waals surface area contributed by atoms with Crippen LogP contribution < -0.4 is 4.90 Å². The van der Waals surface area contributed by atoms with Crippen LogP contribution in [0.15, 0.2) is 51.4 Å². The van der Waals surface area contributed by atoms with Crippen LogP contribution >= 0.6 is 0 Å². The molecular weight excluding hydrogens is 319 g/mol. The minimum atomic E-state index is -4.66. The molecule has 2 aliphatic heterocycles. The lowest BCUT2D eigenvalue weighted by Crippen LogP contribution is -2.32. The highest BCUT2D eigenvalue weighted by Gasteiger charge is 2.36. The van der Waals surface area contributed by atoms with Crippen molar-refractivity contribution in [3.05, 3.63) is 47.7 Å². The normalized spacial score (nSPS) is 18.7. The number of halogens is 3. The Morgan fingerprint density at radius 2 is 1.95 bits per heavy atom. The maximum absolute atomic E-state index is 12.7. The van der Waals surface area contributed by atoms with Crippen molar-refractivity contribution in [3.8, 4) is 6.07 Å². The number of rotatable bonds is 0. The molecule has 2 heterocycles. The van der Waals surface area contributed by atoms with Crippen LogP contribution in [-0.2, 0) is 16.2 Å². The van der Waals surface area contributed by atoms with Gasteiger partial charge < -0.3 is 0 Å². The molecule has 0 aromatic heterocycles. The molecule has 0 unspecified atom stereocenters. The quantitative estimate of drug-likeness (QED) is 0.735. The Bertz CT molecular complexity index is 905. The standard InChI is InChI=1S/C13H6F3N3O2S/c14-13(15,16)9-2-3-10-11(5-9)22(20,21)18-12-4-1-8(6-17)7-19(10)12/h1-5,7H. The van der Waals surface area contributed by atoms with E-state index in [0.717, 1.165) is 12.1 Å². The predicted octanol–water partition coefficient (Wildman–Crippen LogP) is 2.59. The van der Waals surface area contributed by atoms with Crippen LogP contribution in [-0.4, -0.2) is 14.3 Å². The molecule has 112 valence electrons. The molecule has 0 fully saturated rings. The Balaban J connectivity index is 2.25. The van der Waals surface area contributed by atoms with Crippen LogP contribution in [0.1, 0.15) is 5.56 Å². The van der Waals surface area contributed by atoms with Gasteiger partial charge in [-0.25, -0.2) is 0 Å². The molecule has 5 nitrogen and oxygen atoms in total. The van der Waals surface area contributed by atoms with Gasteiger partial charge in [-0.15, -0.1) is 4.40 Å². The average molecular weight is 325 g/mol. The van der Waals surface area contributed by atoms with Crippen molar-refractivity contribution < 1.29 is 21.6 Å². The first kappa shape index (κ1) is 14.3. The Hall–Kier alpha value is -2.60. The molecule has 0 saturated carbocycles. The number of hydrogen-bond acceptors (Lipinski definition) is 4. The van der Waals surface area contributed by atoms with Crippen LogP contribution in [0, 0.1) is 11.3 Å². The summed E-state index contributed by atoms with van der Waals surface area (Å²) in [5.74, 6) is 0.0197. The summed E-state index contributed by atoms with van der Waals surface area (Å²) in [5, 5.41) is 8.88. The number of fused-ring (bicyclic) bond motifs is 3. The van der Waals surface area contributed by atoms with Gasteiger partial charge >= 0.3 is 6.18 Å². The summed E-state index contributed by atoms with van der Waals surface area (Å²) in [6.07, 6.45) is -0.653. The number of amidine groups is 1. The van der Waals surface area contributed by atoms with Gasteiger partial charge in [0.15, 0.2) is 5.84 Å². The topological polar surface area (TPSA) is 73.5 Å². The molecule has 0 amide bonds. The number of allylic oxidation sites excluding steroid dienone is 2. The summed E-state index contributed by atoms with van der Waals surface area (Å²) in [4.78, 5) is 0.727. The Morgan fingerprint density at radius 3 is 2.59 bits per heavy atom. The van der Waals surface area contributed by atoms with Crippen molar-refractivity contribution in [2.45, 2.75) is 11.1 Å². The smallest absolute Gasteiger partial charge is 0.298 e. The van der Waals surface area contributed by atoms with E-state index < -0.39 is 26.7 Å². The third-order valence-electron chi connectivity index (χ3n) is 3.09. The minimum Gasteiger partial charge on any atom is -0.298 e. The van der Waals surface area contributed by atoms with Crippen LogP contribution in [0.5, 0.6) is 0 Å². The molecule has 0 aliphatic carbocycles.